The molecule has 0 radical (unpaired) electrons. The van der Waals surface area contributed by atoms with Crippen molar-refractivity contribution in [2.75, 3.05) is 39.8 Å². The monoisotopic (exact) mass is 254 g/mol. The molecule has 1 saturated carbocycles. The fourth-order valence-corrected chi connectivity index (χ4v) is 3.15. The van der Waals surface area contributed by atoms with Crippen molar-refractivity contribution in [2.24, 2.45) is 16.7 Å². The summed E-state index contributed by atoms with van der Waals surface area (Å²) in [4.78, 5) is 2.44. The lowest BCUT2D eigenvalue weighted by Crippen LogP contribution is -2.43. The minimum absolute atomic E-state index is 0.239. The van der Waals surface area contributed by atoms with E-state index in [9.17, 15) is 5.11 Å². The first-order valence-electron chi connectivity index (χ1n) is 7.48. The number of nitrogens with one attached hydrogen (secondary N) is 1. The molecule has 0 spiro atoms. The summed E-state index contributed by atoms with van der Waals surface area (Å²) in [5, 5.41) is 12.9. The van der Waals surface area contributed by atoms with E-state index in [4.69, 9.17) is 0 Å². The third kappa shape index (κ3) is 3.46. The van der Waals surface area contributed by atoms with Crippen molar-refractivity contribution < 1.29 is 5.11 Å². The highest BCUT2D eigenvalue weighted by atomic mass is 16.3. The second-order valence-electron chi connectivity index (χ2n) is 7.33. The van der Waals surface area contributed by atoms with Crippen LogP contribution in [0.4, 0.5) is 0 Å². The lowest BCUT2D eigenvalue weighted by Gasteiger charge is -2.40. The minimum atomic E-state index is 0.239. The molecule has 0 aromatic heterocycles. The Labute approximate surface area is 112 Å². The summed E-state index contributed by atoms with van der Waals surface area (Å²) in [6, 6.07) is 0. The van der Waals surface area contributed by atoms with Crippen LogP contribution in [0.25, 0.3) is 0 Å². The highest BCUT2D eigenvalue weighted by Gasteiger charge is 2.42. The second-order valence-corrected chi connectivity index (χ2v) is 7.33. The Morgan fingerprint density at radius 1 is 1.28 bits per heavy atom. The van der Waals surface area contributed by atoms with Gasteiger partial charge in [0.2, 0.25) is 0 Å². The van der Waals surface area contributed by atoms with Crippen LogP contribution in [0.3, 0.4) is 0 Å². The third-order valence-corrected chi connectivity index (χ3v) is 5.20. The van der Waals surface area contributed by atoms with Crippen LogP contribution in [0.5, 0.6) is 0 Å². The number of aliphatic hydroxyl groups is 1. The summed E-state index contributed by atoms with van der Waals surface area (Å²) in [7, 11) is 2.22. The van der Waals surface area contributed by atoms with Crippen molar-refractivity contribution in [3.8, 4) is 0 Å². The molecule has 106 valence electrons. The summed E-state index contributed by atoms with van der Waals surface area (Å²) >= 11 is 0. The van der Waals surface area contributed by atoms with Gasteiger partial charge in [-0.2, -0.15) is 0 Å². The Kier molecular flexibility index (Phi) is 4.35. The van der Waals surface area contributed by atoms with E-state index in [1.54, 1.807) is 0 Å². The number of piperidine rings is 1. The Hall–Kier alpha value is -0.120. The van der Waals surface area contributed by atoms with Crippen molar-refractivity contribution in [3.05, 3.63) is 0 Å². The zero-order chi connectivity index (χ0) is 13.2. The van der Waals surface area contributed by atoms with Crippen molar-refractivity contribution in [3.63, 3.8) is 0 Å². The van der Waals surface area contributed by atoms with E-state index >= 15 is 0 Å². The Morgan fingerprint density at radius 3 is 2.39 bits per heavy atom. The molecular weight excluding hydrogens is 224 g/mol. The molecule has 1 aliphatic heterocycles. The van der Waals surface area contributed by atoms with E-state index in [-0.39, 0.29) is 5.41 Å². The second kappa shape index (κ2) is 5.48. The number of hydrogen-bond acceptors (Lipinski definition) is 3. The third-order valence-electron chi connectivity index (χ3n) is 5.20. The first kappa shape index (κ1) is 14.3. The standard InChI is InChI=1S/C15H30N2O/c1-14(2,13-4-8-17(3)9-5-13)10-16-11-15(12-18)6-7-15/h13,16,18H,4-12H2,1-3H3. The van der Waals surface area contributed by atoms with Crippen LogP contribution in [-0.4, -0.2) is 49.8 Å². The van der Waals surface area contributed by atoms with Gasteiger partial charge in [-0.1, -0.05) is 13.8 Å². The van der Waals surface area contributed by atoms with E-state index < -0.39 is 0 Å². The molecule has 18 heavy (non-hydrogen) atoms. The number of likely N-dealkylation sites (tertiary alicyclic amines) is 1. The molecule has 1 aliphatic carbocycles. The predicted octanol–water partition coefficient (Wildman–Crippen LogP) is 1.72. The van der Waals surface area contributed by atoms with E-state index in [0.29, 0.717) is 12.0 Å². The fourth-order valence-electron chi connectivity index (χ4n) is 3.15. The van der Waals surface area contributed by atoms with Crippen molar-refractivity contribution in [1.29, 1.82) is 0 Å². The van der Waals surface area contributed by atoms with Gasteiger partial charge in [0.15, 0.2) is 0 Å². The largest absolute Gasteiger partial charge is 0.396 e. The van der Waals surface area contributed by atoms with E-state index in [0.717, 1.165) is 19.0 Å². The van der Waals surface area contributed by atoms with Crippen LogP contribution >= 0.6 is 0 Å². The topological polar surface area (TPSA) is 35.5 Å². The van der Waals surface area contributed by atoms with E-state index in [1.807, 2.05) is 0 Å². The van der Waals surface area contributed by atoms with Gasteiger partial charge >= 0.3 is 0 Å². The van der Waals surface area contributed by atoms with Crippen molar-refractivity contribution >= 4 is 0 Å². The van der Waals surface area contributed by atoms with Crippen LogP contribution < -0.4 is 5.32 Å². The van der Waals surface area contributed by atoms with Gasteiger partial charge in [-0.25, -0.2) is 0 Å². The number of aliphatic hydroxyl groups excluding tert-OH is 1. The normalized spacial score (nSPS) is 25.3. The molecule has 3 nitrogen and oxygen atoms in total. The lowest BCUT2D eigenvalue weighted by atomic mass is 9.73. The predicted molar refractivity (Wildman–Crippen MR) is 75.6 cm³/mol. The summed E-state index contributed by atoms with van der Waals surface area (Å²) in [5.41, 5.74) is 0.621. The highest BCUT2D eigenvalue weighted by molar-refractivity contribution is 4.95. The Balaban J connectivity index is 1.73. The zero-order valence-corrected chi connectivity index (χ0v) is 12.3. The fraction of sp³-hybridized carbons (Fsp3) is 1.00. The van der Waals surface area contributed by atoms with E-state index in [1.165, 1.54) is 38.8 Å². The van der Waals surface area contributed by atoms with Crippen molar-refractivity contribution in [1.82, 2.24) is 10.2 Å². The maximum Gasteiger partial charge on any atom is 0.0499 e. The summed E-state index contributed by atoms with van der Waals surface area (Å²) < 4.78 is 0. The molecule has 0 bridgehead atoms. The van der Waals surface area contributed by atoms with Gasteiger partial charge in [0.05, 0.1) is 0 Å². The van der Waals surface area contributed by atoms with Crippen LogP contribution in [0.15, 0.2) is 0 Å². The molecule has 0 aromatic rings. The smallest absolute Gasteiger partial charge is 0.0499 e. The molecule has 1 saturated heterocycles. The zero-order valence-electron chi connectivity index (χ0n) is 12.3. The number of rotatable bonds is 6. The Bertz CT molecular complexity index is 266. The van der Waals surface area contributed by atoms with Crippen LogP contribution in [0.1, 0.15) is 39.5 Å². The molecule has 2 rings (SSSR count). The van der Waals surface area contributed by atoms with Crippen LogP contribution in [0.2, 0.25) is 0 Å². The van der Waals surface area contributed by atoms with Gasteiger partial charge in [0.25, 0.3) is 0 Å². The van der Waals surface area contributed by atoms with Gasteiger partial charge in [0, 0.05) is 25.1 Å². The van der Waals surface area contributed by atoms with Gasteiger partial charge in [-0.15, -0.1) is 0 Å². The summed E-state index contributed by atoms with van der Waals surface area (Å²) in [6.45, 7) is 9.73. The molecule has 0 atom stereocenters. The molecule has 1 heterocycles. The first-order valence-corrected chi connectivity index (χ1v) is 7.48. The minimum Gasteiger partial charge on any atom is -0.396 e. The van der Waals surface area contributed by atoms with Gasteiger partial charge in [-0.3, -0.25) is 0 Å². The molecule has 3 heteroatoms. The summed E-state index contributed by atoms with van der Waals surface area (Å²) in [5.74, 6) is 0.838. The molecule has 0 amide bonds. The first-order chi connectivity index (χ1) is 8.47. The Morgan fingerprint density at radius 2 is 1.89 bits per heavy atom. The summed E-state index contributed by atoms with van der Waals surface area (Å²) in [6.07, 6.45) is 5.06. The average Bonchev–Trinajstić information content (AvgIpc) is 3.10. The molecular formula is C15H30N2O. The van der Waals surface area contributed by atoms with Crippen LogP contribution in [0, 0.1) is 16.7 Å². The molecule has 0 aromatic carbocycles. The van der Waals surface area contributed by atoms with Gasteiger partial charge < -0.3 is 15.3 Å². The lowest BCUT2D eigenvalue weighted by molar-refractivity contribution is 0.109. The number of nitrogens with zero attached hydrogens (tertiary/aromatic N) is 1. The SMILES string of the molecule is CN1CCC(C(C)(C)CNCC2(CO)CC2)CC1. The average molecular weight is 254 g/mol. The number of hydrogen-bond donors (Lipinski definition) is 2. The van der Waals surface area contributed by atoms with Gasteiger partial charge in [-0.05, 0) is 57.2 Å². The maximum absolute atomic E-state index is 9.32. The quantitative estimate of drug-likeness (QED) is 0.757. The highest BCUT2D eigenvalue weighted by Crippen LogP contribution is 2.44. The molecule has 2 N–H and O–H groups in total. The molecule has 2 fully saturated rings. The van der Waals surface area contributed by atoms with Gasteiger partial charge in [0.1, 0.15) is 0 Å². The van der Waals surface area contributed by atoms with E-state index in [2.05, 4.69) is 31.1 Å². The van der Waals surface area contributed by atoms with Crippen LogP contribution in [-0.2, 0) is 0 Å². The van der Waals surface area contributed by atoms with Crippen molar-refractivity contribution in [2.45, 2.75) is 39.5 Å². The molecule has 0 unspecified atom stereocenters. The maximum atomic E-state index is 9.32. The molecule has 2 aliphatic rings.